The standard InChI is InChI=1S/C15H17NO2/c1-3-13-10-15(13,14(17)18-4-2)16-11-12-8-6-5-7-9-12/h3,5-9,11,13H,1,4,10H2,2H3/b16-11-. The molecular formula is C15H17NO2. The summed E-state index contributed by atoms with van der Waals surface area (Å²) < 4.78 is 5.09. The maximum Gasteiger partial charge on any atom is 0.334 e. The lowest BCUT2D eigenvalue weighted by Gasteiger charge is -2.09. The fourth-order valence-electron chi connectivity index (χ4n) is 1.98. The molecule has 2 unspecified atom stereocenters. The highest BCUT2D eigenvalue weighted by atomic mass is 16.5. The summed E-state index contributed by atoms with van der Waals surface area (Å²) in [5, 5.41) is 0. The van der Waals surface area contributed by atoms with Crippen molar-refractivity contribution in [2.75, 3.05) is 6.61 Å². The second-order valence-corrected chi connectivity index (χ2v) is 4.36. The van der Waals surface area contributed by atoms with Crippen molar-refractivity contribution in [3.05, 3.63) is 48.6 Å². The summed E-state index contributed by atoms with van der Waals surface area (Å²) in [7, 11) is 0. The van der Waals surface area contributed by atoms with Gasteiger partial charge in [0.25, 0.3) is 0 Å². The molecule has 0 N–H and O–H groups in total. The van der Waals surface area contributed by atoms with E-state index >= 15 is 0 Å². The Bertz CT molecular complexity index is 467. The molecule has 0 saturated heterocycles. The highest BCUT2D eigenvalue weighted by molar-refractivity contribution is 5.90. The molecule has 0 aromatic heterocycles. The molecule has 1 aliphatic carbocycles. The normalized spacial score (nSPS) is 25.9. The Morgan fingerprint density at radius 2 is 2.28 bits per heavy atom. The predicted octanol–water partition coefficient (Wildman–Crippen LogP) is 2.61. The van der Waals surface area contributed by atoms with Crippen LogP contribution in [-0.4, -0.2) is 24.3 Å². The van der Waals surface area contributed by atoms with Gasteiger partial charge in [0.1, 0.15) is 0 Å². The molecule has 18 heavy (non-hydrogen) atoms. The third-order valence-electron chi connectivity index (χ3n) is 3.14. The minimum absolute atomic E-state index is 0.0940. The van der Waals surface area contributed by atoms with E-state index in [0.29, 0.717) is 13.0 Å². The van der Waals surface area contributed by atoms with Crippen molar-refractivity contribution in [1.82, 2.24) is 0 Å². The molecule has 2 atom stereocenters. The van der Waals surface area contributed by atoms with Gasteiger partial charge in [-0.25, -0.2) is 4.79 Å². The van der Waals surface area contributed by atoms with Gasteiger partial charge in [-0.15, -0.1) is 6.58 Å². The summed E-state index contributed by atoms with van der Waals surface area (Å²) in [6.07, 6.45) is 4.21. The van der Waals surface area contributed by atoms with Gasteiger partial charge in [0, 0.05) is 12.1 Å². The van der Waals surface area contributed by atoms with Crippen LogP contribution < -0.4 is 0 Å². The van der Waals surface area contributed by atoms with Crippen molar-refractivity contribution in [2.24, 2.45) is 10.9 Å². The Hall–Kier alpha value is -1.90. The first-order valence-corrected chi connectivity index (χ1v) is 6.13. The largest absolute Gasteiger partial charge is 0.464 e. The van der Waals surface area contributed by atoms with Gasteiger partial charge in [0.05, 0.1) is 6.61 Å². The van der Waals surface area contributed by atoms with E-state index in [1.54, 1.807) is 19.2 Å². The van der Waals surface area contributed by atoms with E-state index < -0.39 is 5.54 Å². The number of benzene rings is 1. The first-order valence-electron chi connectivity index (χ1n) is 6.13. The number of hydrogen-bond acceptors (Lipinski definition) is 3. The molecular weight excluding hydrogens is 226 g/mol. The van der Waals surface area contributed by atoms with Gasteiger partial charge < -0.3 is 4.74 Å². The van der Waals surface area contributed by atoms with Crippen molar-refractivity contribution in [3.63, 3.8) is 0 Å². The molecule has 0 bridgehead atoms. The third kappa shape index (κ3) is 2.35. The summed E-state index contributed by atoms with van der Waals surface area (Å²) >= 11 is 0. The van der Waals surface area contributed by atoms with Crippen molar-refractivity contribution < 1.29 is 9.53 Å². The second-order valence-electron chi connectivity index (χ2n) is 4.36. The molecule has 1 fully saturated rings. The smallest absolute Gasteiger partial charge is 0.334 e. The van der Waals surface area contributed by atoms with Crippen LogP contribution in [0.25, 0.3) is 0 Å². The molecule has 3 nitrogen and oxygen atoms in total. The van der Waals surface area contributed by atoms with Gasteiger partial charge in [-0.3, -0.25) is 4.99 Å². The van der Waals surface area contributed by atoms with E-state index in [2.05, 4.69) is 11.6 Å². The van der Waals surface area contributed by atoms with Crippen LogP contribution in [0.15, 0.2) is 48.0 Å². The predicted molar refractivity (Wildman–Crippen MR) is 71.7 cm³/mol. The number of rotatable bonds is 5. The number of hydrogen-bond donors (Lipinski definition) is 0. The number of carbonyl (C=O) groups excluding carboxylic acids is 1. The Labute approximate surface area is 107 Å². The molecule has 1 aliphatic rings. The number of carbonyl (C=O) groups is 1. The van der Waals surface area contributed by atoms with Crippen LogP contribution in [0, 0.1) is 5.92 Å². The molecule has 0 aliphatic heterocycles. The lowest BCUT2D eigenvalue weighted by molar-refractivity contribution is -0.146. The summed E-state index contributed by atoms with van der Waals surface area (Å²) in [6, 6.07) is 9.73. The van der Waals surface area contributed by atoms with Gasteiger partial charge in [-0.2, -0.15) is 0 Å². The van der Waals surface area contributed by atoms with Crippen molar-refractivity contribution in [3.8, 4) is 0 Å². The van der Waals surface area contributed by atoms with E-state index in [0.717, 1.165) is 5.56 Å². The summed E-state index contributed by atoms with van der Waals surface area (Å²) in [5.74, 6) is -0.154. The fraction of sp³-hybridized carbons (Fsp3) is 0.333. The topological polar surface area (TPSA) is 38.7 Å². The molecule has 94 valence electrons. The zero-order valence-corrected chi connectivity index (χ0v) is 10.5. The first kappa shape index (κ1) is 12.6. The van der Waals surface area contributed by atoms with Gasteiger partial charge in [0.15, 0.2) is 5.54 Å². The van der Waals surface area contributed by atoms with Crippen LogP contribution in [0.5, 0.6) is 0 Å². The quantitative estimate of drug-likeness (QED) is 0.453. The number of ether oxygens (including phenoxy) is 1. The Kier molecular flexibility index (Phi) is 3.60. The van der Waals surface area contributed by atoms with Gasteiger partial charge >= 0.3 is 5.97 Å². The van der Waals surface area contributed by atoms with E-state index in [1.165, 1.54) is 0 Å². The van der Waals surface area contributed by atoms with Crippen LogP contribution in [0.4, 0.5) is 0 Å². The average molecular weight is 243 g/mol. The molecule has 0 amide bonds. The van der Waals surface area contributed by atoms with Crippen molar-refractivity contribution in [2.45, 2.75) is 18.9 Å². The molecule has 0 radical (unpaired) electrons. The highest BCUT2D eigenvalue weighted by Crippen LogP contribution is 2.48. The fourth-order valence-corrected chi connectivity index (χ4v) is 1.98. The third-order valence-corrected chi connectivity index (χ3v) is 3.14. The van der Waals surface area contributed by atoms with E-state index in [4.69, 9.17) is 4.74 Å². The molecule has 1 aromatic carbocycles. The molecule has 3 heteroatoms. The second kappa shape index (κ2) is 5.17. The molecule has 1 aromatic rings. The van der Waals surface area contributed by atoms with Gasteiger partial charge in [-0.05, 0) is 18.9 Å². The number of esters is 1. The maximum atomic E-state index is 11.9. The number of aliphatic imine (C=N–C) groups is 1. The zero-order chi connectivity index (χ0) is 13.0. The summed E-state index contributed by atoms with van der Waals surface area (Å²) in [4.78, 5) is 16.4. The summed E-state index contributed by atoms with van der Waals surface area (Å²) in [6.45, 7) is 5.92. The van der Waals surface area contributed by atoms with Crippen molar-refractivity contribution in [1.29, 1.82) is 0 Å². The first-order chi connectivity index (χ1) is 8.73. The molecule has 1 saturated carbocycles. The van der Waals surface area contributed by atoms with Crippen LogP contribution >= 0.6 is 0 Å². The van der Waals surface area contributed by atoms with E-state index in [-0.39, 0.29) is 11.9 Å². The lowest BCUT2D eigenvalue weighted by Crippen LogP contribution is -2.25. The SMILES string of the molecule is C=CC1CC1(/N=C\c1ccccc1)C(=O)OCC. The monoisotopic (exact) mass is 243 g/mol. The minimum atomic E-state index is -0.729. The maximum absolute atomic E-state index is 11.9. The zero-order valence-electron chi connectivity index (χ0n) is 10.5. The number of nitrogens with zero attached hydrogens (tertiary/aromatic N) is 1. The van der Waals surface area contributed by atoms with Crippen LogP contribution in [0.3, 0.4) is 0 Å². The summed E-state index contributed by atoms with van der Waals surface area (Å²) in [5.41, 5.74) is 0.254. The molecule has 0 spiro atoms. The van der Waals surface area contributed by atoms with Crippen LogP contribution in [0.1, 0.15) is 18.9 Å². The van der Waals surface area contributed by atoms with Crippen LogP contribution in [0.2, 0.25) is 0 Å². The van der Waals surface area contributed by atoms with E-state index in [9.17, 15) is 4.79 Å². The van der Waals surface area contributed by atoms with Crippen LogP contribution in [-0.2, 0) is 9.53 Å². The minimum Gasteiger partial charge on any atom is -0.464 e. The molecule has 2 rings (SSSR count). The molecule has 0 heterocycles. The van der Waals surface area contributed by atoms with E-state index in [1.807, 2.05) is 30.3 Å². The van der Waals surface area contributed by atoms with Crippen molar-refractivity contribution >= 4 is 12.2 Å². The highest BCUT2D eigenvalue weighted by Gasteiger charge is 2.60. The Morgan fingerprint density at radius 3 is 2.83 bits per heavy atom. The average Bonchev–Trinajstić information content (AvgIpc) is 3.13. The van der Waals surface area contributed by atoms with Gasteiger partial charge in [-0.1, -0.05) is 36.4 Å². The Morgan fingerprint density at radius 1 is 1.56 bits per heavy atom. The van der Waals surface area contributed by atoms with Gasteiger partial charge in [0.2, 0.25) is 0 Å². The lowest BCUT2D eigenvalue weighted by atomic mass is 10.2. The Balaban J connectivity index is 2.16.